The van der Waals surface area contributed by atoms with Crippen LogP contribution >= 0.6 is 0 Å². The van der Waals surface area contributed by atoms with Gasteiger partial charge in [0.25, 0.3) is 0 Å². The summed E-state index contributed by atoms with van der Waals surface area (Å²) in [6, 6.07) is 16.3. The third kappa shape index (κ3) is 3.86. The average molecular weight is 449 g/mol. The molecule has 7 heteroatoms. The Balaban J connectivity index is 1.23. The number of carboxylic acids is 1. The van der Waals surface area contributed by atoms with E-state index in [1.54, 1.807) is 4.90 Å². The van der Waals surface area contributed by atoms with E-state index in [9.17, 15) is 19.5 Å². The SMILES string of the molecule is O=C(NC1(C(=O)N2CCC(C(=O)O)CC2)CCC1)OCC1c2ccccc2-c2ccccc21. The molecule has 2 amide bonds. The van der Waals surface area contributed by atoms with E-state index >= 15 is 0 Å². The lowest BCUT2D eigenvalue weighted by molar-refractivity contribution is -0.149. The molecule has 0 atom stereocenters. The van der Waals surface area contributed by atoms with Crippen molar-refractivity contribution in [1.82, 2.24) is 10.2 Å². The molecule has 2 aromatic carbocycles. The number of amides is 2. The molecule has 0 aromatic heterocycles. The first-order valence-corrected chi connectivity index (χ1v) is 11.6. The predicted molar refractivity (Wildman–Crippen MR) is 122 cm³/mol. The molecule has 0 unspecified atom stereocenters. The van der Waals surface area contributed by atoms with Crippen molar-refractivity contribution in [3.05, 3.63) is 59.7 Å². The number of benzene rings is 2. The van der Waals surface area contributed by atoms with E-state index in [2.05, 4.69) is 29.6 Å². The van der Waals surface area contributed by atoms with Crippen molar-refractivity contribution in [3.63, 3.8) is 0 Å². The van der Waals surface area contributed by atoms with E-state index in [-0.39, 0.29) is 18.4 Å². The van der Waals surface area contributed by atoms with Crippen molar-refractivity contribution in [2.75, 3.05) is 19.7 Å². The zero-order valence-electron chi connectivity index (χ0n) is 18.5. The first kappa shape index (κ1) is 21.5. The molecule has 1 aliphatic heterocycles. The maximum Gasteiger partial charge on any atom is 0.408 e. The summed E-state index contributed by atoms with van der Waals surface area (Å²) in [5.41, 5.74) is 3.68. The van der Waals surface area contributed by atoms with Crippen molar-refractivity contribution in [3.8, 4) is 11.1 Å². The number of hydrogen-bond donors (Lipinski definition) is 2. The van der Waals surface area contributed by atoms with E-state index in [0.717, 1.165) is 28.7 Å². The molecule has 0 radical (unpaired) electrons. The maximum absolute atomic E-state index is 13.2. The Hall–Kier alpha value is -3.35. The van der Waals surface area contributed by atoms with Gasteiger partial charge in [0.15, 0.2) is 0 Å². The van der Waals surface area contributed by atoms with Crippen molar-refractivity contribution in [2.45, 2.75) is 43.6 Å². The van der Waals surface area contributed by atoms with Gasteiger partial charge in [-0.15, -0.1) is 0 Å². The van der Waals surface area contributed by atoms with Gasteiger partial charge in [0.1, 0.15) is 12.1 Å². The minimum atomic E-state index is -0.932. The van der Waals surface area contributed by atoms with Crippen LogP contribution in [0, 0.1) is 5.92 Å². The molecule has 0 spiro atoms. The standard InChI is InChI=1S/C26H28N2O5/c29-23(30)17-10-14-28(15-11-17)24(31)26(12-5-13-26)27-25(32)33-16-22-20-8-3-1-6-18(20)19-7-2-4-9-21(19)22/h1-4,6-9,17,22H,5,10-16H2,(H,27,32)(H,29,30). The lowest BCUT2D eigenvalue weighted by atomic mass is 9.75. The number of aliphatic carboxylic acids is 1. The second-order valence-electron chi connectivity index (χ2n) is 9.29. The number of piperidine rings is 1. The van der Waals surface area contributed by atoms with Crippen molar-refractivity contribution in [1.29, 1.82) is 0 Å². The molecule has 1 heterocycles. The van der Waals surface area contributed by atoms with Crippen LogP contribution in [0.15, 0.2) is 48.5 Å². The topological polar surface area (TPSA) is 95.9 Å². The highest BCUT2D eigenvalue weighted by molar-refractivity contribution is 5.91. The lowest BCUT2D eigenvalue weighted by Gasteiger charge is -2.44. The molecule has 2 aliphatic carbocycles. The molecule has 172 valence electrons. The number of likely N-dealkylation sites (tertiary alicyclic amines) is 1. The van der Waals surface area contributed by atoms with E-state index in [1.807, 2.05) is 24.3 Å². The molecule has 2 N–H and O–H groups in total. The molecule has 5 rings (SSSR count). The van der Waals surface area contributed by atoms with Crippen molar-refractivity contribution in [2.24, 2.45) is 5.92 Å². The molecule has 7 nitrogen and oxygen atoms in total. The molecule has 3 aliphatic rings. The summed E-state index contributed by atoms with van der Waals surface area (Å²) >= 11 is 0. The molecule has 1 saturated heterocycles. The van der Waals surface area contributed by atoms with E-state index < -0.39 is 23.5 Å². The molecule has 2 aromatic rings. The number of hydrogen-bond acceptors (Lipinski definition) is 4. The zero-order valence-corrected chi connectivity index (χ0v) is 18.5. The Bertz CT molecular complexity index is 1040. The Kier molecular flexibility index (Phi) is 5.56. The quantitative estimate of drug-likeness (QED) is 0.726. The number of ether oxygens (including phenoxy) is 1. The van der Waals surface area contributed by atoms with Gasteiger partial charge in [-0.25, -0.2) is 4.79 Å². The summed E-state index contributed by atoms with van der Waals surface area (Å²) in [6.45, 7) is 1.02. The smallest absolute Gasteiger partial charge is 0.408 e. The Morgan fingerprint density at radius 1 is 0.970 bits per heavy atom. The number of nitrogens with one attached hydrogen (secondary N) is 1. The van der Waals surface area contributed by atoms with Crippen LogP contribution in [0.25, 0.3) is 11.1 Å². The molecule has 2 fully saturated rings. The first-order chi connectivity index (χ1) is 16.0. The second kappa shape index (κ2) is 8.54. The Morgan fingerprint density at radius 3 is 2.06 bits per heavy atom. The van der Waals surface area contributed by atoms with Gasteiger partial charge in [0.2, 0.25) is 5.91 Å². The summed E-state index contributed by atoms with van der Waals surface area (Å²) in [6.07, 6.45) is 2.33. The van der Waals surface area contributed by atoms with Gasteiger partial charge < -0.3 is 20.1 Å². The van der Waals surface area contributed by atoms with Gasteiger partial charge in [0, 0.05) is 19.0 Å². The number of nitrogens with zero attached hydrogens (tertiary/aromatic N) is 1. The average Bonchev–Trinajstić information content (AvgIpc) is 3.13. The van der Waals surface area contributed by atoms with E-state index in [4.69, 9.17) is 4.74 Å². The fourth-order valence-electron chi connectivity index (χ4n) is 5.38. The van der Waals surface area contributed by atoms with Crippen LogP contribution in [0.4, 0.5) is 4.79 Å². The predicted octanol–water partition coefficient (Wildman–Crippen LogP) is 3.77. The maximum atomic E-state index is 13.2. The normalized spacial score (nSPS) is 19.2. The van der Waals surface area contributed by atoms with Crippen molar-refractivity contribution < 1.29 is 24.2 Å². The van der Waals surface area contributed by atoms with Gasteiger partial charge in [-0.2, -0.15) is 0 Å². The Labute approximate surface area is 192 Å². The van der Waals surface area contributed by atoms with Crippen LogP contribution in [0.3, 0.4) is 0 Å². The van der Waals surface area contributed by atoms with Crippen LogP contribution < -0.4 is 5.32 Å². The summed E-state index contributed by atoms with van der Waals surface area (Å²) in [5, 5.41) is 12.1. The third-order valence-electron chi connectivity index (χ3n) is 7.43. The monoisotopic (exact) mass is 448 g/mol. The highest BCUT2D eigenvalue weighted by Crippen LogP contribution is 2.44. The number of alkyl carbamates (subject to hydrolysis) is 1. The van der Waals surface area contributed by atoms with E-state index in [1.165, 1.54) is 0 Å². The highest BCUT2D eigenvalue weighted by Gasteiger charge is 2.48. The molecular formula is C26H28N2O5. The summed E-state index contributed by atoms with van der Waals surface area (Å²) in [5.74, 6) is -1.36. The lowest BCUT2D eigenvalue weighted by Crippen LogP contribution is -2.64. The molecule has 33 heavy (non-hydrogen) atoms. The van der Waals surface area contributed by atoms with Gasteiger partial charge in [0.05, 0.1) is 5.92 Å². The molecule has 1 saturated carbocycles. The van der Waals surface area contributed by atoms with Gasteiger partial charge in [-0.1, -0.05) is 48.5 Å². The minimum absolute atomic E-state index is 0.0359. The second-order valence-corrected chi connectivity index (χ2v) is 9.29. The van der Waals surface area contributed by atoms with Crippen LogP contribution in [0.5, 0.6) is 0 Å². The number of carbonyl (C=O) groups excluding carboxylic acids is 2. The zero-order chi connectivity index (χ0) is 23.0. The van der Waals surface area contributed by atoms with Gasteiger partial charge >= 0.3 is 12.1 Å². The van der Waals surface area contributed by atoms with Crippen LogP contribution in [0.2, 0.25) is 0 Å². The van der Waals surface area contributed by atoms with Crippen LogP contribution in [0.1, 0.15) is 49.1 Å². The summed E-state index contributed by atoms with van der Waals surface area (Å²) in [7, 11) is 0. The van der Waals surface area contributed by atoms with Crippen LogP contribution in [-0.2, 0) is 14.3 Å². The summed E-state index contributed by atoms with van der Waals surface area (Å²) in [4.78, 5) is 38.9. The number of rotatable bonds is 5. The largest absolute Gasteiger partial charge is 0.481 e. The first-order valence-electron chi connectivity index (χ1n) is 11.6. The molecular weight excluding hydrogens is 420 g/mol. The Morgan fingerprint density at radius 2 is 1.55 bits per heavy atom. The third-order valence-corrected chi connectivity index (χ3v) is 7.43. The van der Waals surface area contributed by atoms with Crippen LogP contribution in [-0.4, -0.2) is 53.2 Å². The molecule has 0 bridgehead atoms. The van der Waals surface area contributed by atoms with Gasteiger partial charge in [-0.3, -0.25) is 9.59 Å². The number of carbonyl (C=O) groups is 3. The van der Waals surface area contributed by atoms with Crippen molar-refractivity contribution >= 4 is 18.0 Å². The summed E-state index contributed by atoms with van der Waals surface area (Å²) < 4.78 is 5.66. The van der Waals surface area contributed by atoms with Gasteiger partial charge in [-0.05, 0) is 54.4 Å². The highest BCUT2D eigenvalue weighted by atomic mass is 16.5. The minimum Gasteiger partial charge on any atom is -0.481 e. The van der Waals surface area contributed by atoms with E-state index in [0.29, 0.717) is 38.8 Å². The number of fused-ring (bicyclic) bond motifs is 3. The number of carboxylic acid groups (broad SMARTS) is 1. The fraction of sp³-hybridized carbons (Fsp3) is 0.423. The fourth-order valence-corrected chi connectivity index (χ4v) is 5.38.